The van der Waals surface area contributed by atoms with E-state index in [0.29, 0.717) is 0 Å². The Kier molecular flexibility index (Phi) is 19.2. The zero-order chi connectivity index (χ0) is 98.3. The molecule has 0 saturated heterocycles. The maximum Gasteiger partial charge on any atom is 0.165 e. The fourth-order valence-corrected chi connectivity index (χ4v) is 26.2. The van der Waals surface area contributed by atoms with Crippen LogP contribution in [-0.2, 0) is 0 Å². The van der Waals surface area contributed by atoms with Crippen molar-refractivity contribution in [2.24, 2.45) is 0 Å². The minimum absolute atomic E-state index is 0.810. The summed E-state index contributed by atoms with van der Waals surface area (Å²) in [5.41, 5.74) is 30.3. The molecule has 150 heavy (non-hydrogen) atoms. The van der Waals surface area contributed by atoms with E-state index in [0.717, 1.165) is 173 Å². The van der Waals surface area contributed by atoms with Gasteiger partial charge in [0.1, 0.15) is 17.1 Å². The molecular formula is C136H82N12S2. The Morgan fingerprint density at radius 1 is 0.160 bits per heavy atom. The van der Waals surface area contributed by atoms with E-state index in [1.165, 1.54) is 122 Å². The molecule has 0 radical (unpaired) electrons. The molecule has 0 bridgehead atoms. The van der Waals surface area contributed by atoms with Crippen LogP contribution in [-0.4, -0.2) is 57.3 Å². The Bertz CT molecular complexity index is 11400. The SMILES string of the molecule is c1ccc(-c2ccc(-c3nc4c(ccc5ccccc54)nc3-n3c4cccc5c6ccccc6n(-c6ccccc6)c6cccc3c6c54)cc2)cc1.c1ccc(-n2c3ccccc3c3cccc4c3c3c2cccc3n4-c2nc3ccccc3nc2-c2ccc3c(c2)sc2ccccc23)cc1.c1ccc(-n2c3ccccc3c3cccc4c3c3c2cccc3n4-c2nc3ccccc3nc2-c2cccc3c2sc2ccccc23)cc1. The average Bonchev–Trinajstić information content (AvgIpc) is 1.55. The lowest BCUT2D eigenvalue weighted by Crippen LogP contribution is -2.04. The van der Waals surface area contributed by atoms with E-state index in [4.69, 9.17) is 29.9 Å². The third-order valence-electron chi connectivity index (χ3n) is 30.3. The number of nitrogens with zero attached hydrogens (tertiary/aromatic N) is 12. The van der Waals surface area contributed by atoms with E-state index in [1.54, 1.807) is 0 Å². The standard InChI is InChI=1S/C48H30N4.2C44H26N4S/c1-3-13-31(14-4-1)32-25-27-34(28-26-32)46-48(49-39-30-29-33-15-7-8-18-36(33)47(39)50-46)52-41-22-11-20-38-37-19-9-10-21-40(37)51(35-16-5-2-6-17-35)42-23-12-24-43(52)45(42)44(38)41;1-2-13-27(14-3-1)47-35-22-8-4-15-28(35)30-17-11-23-36-40(30)41-37(47)24-12-25-38(41)48(36)44-42(45-33-20-6-7-21-34(33)46-44)32-19-10-18-31-29-16-5-9-26-39(29)49-43(31)32;1-2-12-28(13-3-1)47-35-19-8-4-14-29(35)32-16-10-20-36-41(32)42-37(47)21-11-22-38(42)48(36)44-43(45-33-17-6-7-18-34(33)46-44)27-24-25-31-30-15-5-9-23-39(30)49-40(31)26-27/h1-30H;2*1-26H. The van der Waals surface area contributed by atoms with Gasteiger partial charge in [-0.25, -0.2) is 29.9 Å². The van der Waals surface area contributed by atoms with Gasteiger partial charge in [-0.05, 0) is 190 Å². The van der Waals surface area contributed by atoms with Gasteiger partial charge >= 0.3 is 0 Å². The van der Waals surface area contributed by atoms with Gasteiger partial charge in [-0.2, -0.15) is 0 Å². The summed E-state index contributed by atoms with van der Waals surface area (Å²) in [5, 5.41) is 21.8. The number of para-hydroxylation sites is 10. The number of hydrogen-bond acceptors (Lipinski definition) is 8. The number of fused-ring (bicyclic) bond motifs is 17. The van der Waals surface area contributed by atoms with Crippen LogP contribution in [0.1, 0.15) is 0 Å². The second-order valence-corrected chi connectivity index (χ2v) is 40.7. The summed E-state index contributed by atoms with van der Waals surface area (Å²) in [5.74, 6) is 2.47. The molecule has 22 aromatic carbocycles. The summed E-state index contributed by atoms with van der Waals surface area (Å²) in [6.07, 6.45) is 0. The van der Waals surface area contributed by atoms with Crippen molar-refractivity contribution in [2.75, 3.05) is 0 Å². The summed E-state index contributed by atoms with van der Waals surface area (Å²) in [4.78, 5) is 32.8. The van der Waals surface area contributed by atoms with Crippen LogP contribution in [0, 0.1) is 0 Å². The Labute approximate surface area is 865 Å². The van der Waals surface area contributed by atoms with Crippen molar-refractivity contribution >= 4 is 238 Å². The third-order valence-corrected chi connectivity index (χ3v) is 32.7. The first-order valence-electron chi connectivity index (χ1n) is 50.7. The van der Waals surface area contributed by atoms with Crippen molar-refractivity contribution in [3.05, 3.63) is 497 Å². The minimum atomic E-state index is 0.810. The molecule has 0 amide bonds. The highest BCUT2D eigenvalue weighted by Crippen LogP contribution is 2.51. The second kappa shape index (κ2) is 34.0. The topological polar surface area (TPSA) is 107 Å². The molecule has 11 aromatic heterocycles. The molecule has 11 heterocycles. The smallest absolute Gasteiger partial charge is 0.165 e. The number of aromatic nitrogens is 12. The van der Waals surface area contributed by atoms with Crippen LogP contribution < -0.4 is 0 Å². The quantitative estimate of drug-likeness (QED) is 0.126. The third kappa shape index (κ3) is 13.1. The number of hydrogen-bond donors (Lipinski definition) is 0. The van der Waals surface area contributed by atoms with E-state index in [-0.39, 0.29) is 0 Å². The van der Waals surface area contributed by atoms with Gasteiger partial charge < -0.3 is 13.7 Å². The first-order valence-corrected chi connectivity index (χ1v) is 52.3. The van der Waals surface area contributed by atoms with Crippen molar-refractivity contribution in [2.45, 2.75) is 0 Å². The van der Waals surface area contributed by atoms with Crippen LogP contribution >= 0.6 is 22.7 Å². The summed E-state index contributed by atoms with van der Waals surface area (Å²) in [6.45, 7) is 0. The highest BCUT2D eigenvalue weighted by molar-refractivity contribution is 7.26. The molecule has 0 aliphatic rings. The summed E-state index contributed by atoms with van der Waals surface area (Å²) >= 11 is 3.65. The van der Waals surface area contributed by atoms with Crippen LogP contribution in [0.2, 0.25) is 0 Å². The van der Waals surface area contributed by atoms with Crippen LogP contribution in [0.3, 0.4) is 0 Å². The van der Waals surface area contributed by atoms with Gasteiger partial charge in [0.25, 0.3) is 0 Å². The summed E-state index contributed by atoms with van der Waals surface area (Å²) < 4.78 is 19.3. The number of thiophene rings is 2. The molecule has 14 heteroatoms. The van der Waals surface area contributed by atoms with Crippen molar-refractivity contribution in [3.63, 3.8) is 0 Å². The van der Waals surface area contributed by atoms with Crippen LogP contribution in [0.4, 0.5) is 0 Å². The number of benzene rings is 22. The zero-order valence-corrected chi connectivity index (χ0v) is 82.2. The van der Waals surface area contributed by atoms with Crippen molar-refractivity contribution in [1.29, 1.82) is 0 Å². The van der Waals surface area contributed by atoms with Gasteiger partial charge in [-0.15, -0.1) is 22.7 Å². The van der Waals surface area contributed by atoms with Gasteiger partial charge in [0, 0.05) is 128 Å². The van der Waals surface area contributed by atoms with Crippen molar-refractivity contribution in [3.8, 4) is 79.4 Å². The molecular weight excluding hydrogens is 1870 g/mol. The highest BCUT2D eigenvalue weighted by Gasteiger charge is 2.31. The number of rotatable bonds is 10. The lowest BCUT2D eigenvalue weighted by Gasteiger charge is -2.16. The highest BCUT2D eigenvalue weighted by atomic mass is 32.1. The predicted molar refractivity (Wildman–Crippen MR) is 630 cm³/mol. The fraction of sp³-hybridized carbons (Fsp3) is 0. The Morgan fingerprint density at radius 3 is 0.960 bits per heavy atom. The molecule has 0 saturated carbocycles. The first-order chi connectivity index (χ1) is 74.5. The Hall–Kier alpha value is -19.6. The van der Waals surface area contributed by atoms with Gasteiger partial charge in [-0.1, -0.05) is 340 Å². The van der Waals surface area contributed by atoms with E-state index in [9.17, 15) is 0 Å². The molecule has 12 nitrogen and oxygen atoms in total. The molecule has 0 spiro atoms. The van der Waals surface area contributed by atoms with Gasteiger partial charge in [-0.3, -0.25) is 13.7 Å². The molecule has 0 aliphatic heterocycles. The molecule has 33 rings (SSSR count). The summed E-state index contributed by atoms with van der Waals surface area (Å²) in [6, 6.07) is 177. The van der Waals surface area contributed by atoms with Gasteiger partial charge in [0.15, 0.2) is 17.5 Å². The van der Waals surface area contributed by atoms with Crippen LogP contribution in [0.15, 0.2) is 497 Å². The minimum Gasteiger partial charge on any atom is -0.309 e. The lowest BCUT2D eigenvalue weighted by atomic mass is 10.0. The van der Waals surface area contributed by atoms with E-state index < -0.39 is 0 Å². The molecule has 0 unspecified atom stereocenters. The van der Waals surface area contributed by atoms with Crippen molar-refractivity contribution < 1.29 is 0 Å². The molecule has 0 N–H and O–H groups in total. The molecule has 0 aliphatic carbocycles. The fourth-order valence-electron chi connectivity index (χ4n) is 23.9. The van der Waals surface area contributed by atoms with E-state index >= 15 is 0 Å². The molecule has 698 valence electrons. The van der Waals surface area contributed by atoms with Crippen LogP contribution in [0.25, 0.3) is 294 Å². The maximum absolute atomic E-state index is 5.54. The normalized spacial score (nSPS) is 12.0. The largest absolute Gasteiger partial charge is 0.309 e. The Balaban J connectivity index is 0.000000101. The summed E-state index contributed by atoms with van der Waals surface area (Å²) in [7, 11) is 0. The maximum atomic E-state index is 5.54. The molecule has 0 fully saturated rings. The van der Waals surface area contributed by atoms with Gasteiger partial charge in [0.2, 0.25) is 0 Å². The zero-order valence-electron chi connectivity index (χ0n) is 80.5. The van der Waals surface area contributed by atoms with Gasteiger partial charge in [0.05, 0.1) is 99.3 Å². The average molecular weight is 1950 g/mol. The van der Waals surface area contributed by atoms with E-state index in [2.05, 4.69) is 501 Å². The predicted octanol–water partition coefficient (Wildman–Crippen LogP) is 36.0. The molecule has 33 aromatic rings. The monoisotopic (exact) mass is 1950 g/mol. The van der Waals surface area contributed by atoms with Crippen molar-refractivity contribution in [1.82, 2.24) is 57.3 Å². The van der Waals surface area contributed by atoms with E-state index in [1.807, 2.05) is 46.9 Å². The van der Waals surface area contributed by atoms with Crippen LogP contribution in [0.5, 0.6) is 0 Å². The lowest BCUT2D eigenvalue weighted by molar-refractivity contribution is 1.08. The molecule has 0 atom stereocenters. The Morgan fingerprint density at radius 2 is 0.473 bits per heavy atom. The second-order valence-electron chi connectivity index (χ2n) is 38.5. The first kappa shape index (κ1) is 84.8.